The van der Waals surface area contributed by atoms with Gasteiger partial charge in [0.05, 0.1) is 12.5 Å². The zero-order chi connectivity index (χ0) is 13.9. The first-order chi connectivity index (χ1) is 9.74. The Kier molecular flexibility index (Phi) is 4.06. The Bertz CT molecular complexity index is 480. The van der Waals surface area contributed by atoms with Crippen LogP contribution in [0, 0.1) is 6.92 Å². The summed E-state index contributed by atoms with van der Waals surface area (Å²) in [5, 5.41) is 0. The molecule has 0 unspecified atom stereocenters. The summed E-state index contributed by atoms with van der Waals surface area (Å²) in [6, 6.07) is 8.54. The number of nitrogens with zero attached hydrogens (tertiary/aromatic N) is 1. The summed E-state index contributed by atoms with van der Waals surface area (Å²) in [5.74, 6) is 0.776. The lowest BCUT2D eigenvalue weighted by Crippen LogP contribution is -2.31. The minimum Gasteiger partial charge on any atom is -0.378 e. The van der Waals surface area contributed by atoms with E-state index >= 15 is 0 Å². The molecule has 2 aliphatic rings. The number of ether oxygens (including phenoxy) is 1. The molecule has 3 nitrogen and oxygen atoms in total. The molecule has 2 saturated heterocycles. The number of rotatable bonds is 3. The van der Waals surface area contributed by atoms with Crippen molar-refractivity contribution in [3.8, 4) is 0 Å². The van der Waals surface area contributed by atoms with Crippen molar-refractivity contribution in [2.75, 3.05) is 19.7 Å². The summed E-state index contributed by atoms with van der Waals surface area (Å²) in [4.78, 5) is 14.3. The van der Waals surface area contributed by atoms with Crippen LogP contribution in [0.15, 0.2) is 24.3 Å². The first kappa shape index (κ1) is 13.6. The molecule has 2 heterocycles. The smallest absolute Gasteiger partial charge is 0.225 e. The number of hydrogen-bond donors (Lipinski definition) is 0. The third-order valence-electron chi connectivity index (χ3n) is 4.60. The maximum Gasteiger partial charge on any atom is 0.225 e. The zero-order valence-electron chi connectivity index (χ0n) is 12.2. The molecule has 108 valence electrons. The van der Waals surface area contributed by atoms with E-state index in [2.05, 4.69) is 31.2 Å². The summed E-state index contributed by atoms with van der Waals surface area (Å²) >= 11 is 0. The van der Waals surface area contributed by atoms with Gasteiger partial charge in [-0.05, 0) is 37.3 Å². The quantitative estimate of drug-likeness (QED) is 0.847. The van der Waals surface area contributed by atoms with Crippen LogP contribution in [0.2, 0.25) is 0 Å². The molecule has 0 saturated carbocycles. The average Bonchev–Trinajstić information content (AvgIpc) is 3.10. The number of hydrogen-bond acceptors (Lipinski definition) is 2. The molecule has 1 aromatic carbocycles. The molecule has 3 heteroatoms. The van der Waals surface area contributed by atoms with E-state index in [0.717, 1.165) is 39.0 Å². The minimum atomic E-state index is 0.167. The first-order valence-corrected chi connectivity index (χ1v) is 7.69. The summed E-state index contributed by atoms with van der Waals surface area (Å²) in [6.45, 7) is 4.75. The monoisotopic (exact) mass is 273 g/mol. The Morgan fingerprint density at radius 2 is 2.20 bits per heavy atom. The Hall–Kier alpha value is -1.35. The Morgan fingerprint density at radius 3 is 2.95 bits per heavy atom. The molecule has 0 N–H and O–H groups in total. The molecule has 0 spiro atoms. The highest BCUT2D eigenvalue weighted by molar-refractivity contribution is 5.77. The van der Waals surface area contributed by atoms with E-state index < -0.39 is 0 Å². The van der Waals surface area contributed by atoms with E-state index in [-0.39, 0.29) is 12.0 Å². The highest BCUT2D eigenvalue weighted by Gasteiger charge is 2.30. The van der Waals surface area contributed by atoms with Crippen molar-refractivity contribution in [2.45, 2.75) is 44.6 Å². The van der Waals surface area contributed by atoms with E-state index in [1.54, 1.807) is 0 Å². The number of likely N-dealkylation sites (tertiary alicyclic amines) is 1. The summed E-state index contributed by atoms with van der Waals surface area (Å²) in [7, 11) is 0. The van der Waals surface area contributed by atoms with Crippen LogP contribution in [-0.4, -0.2) is 36.6 Å². The van der Waals surface area contributed by atoms with Gasteiger partial charge < -0.3 is 9.64 Å². The SMILES string of the molecule is Cc1ccccc1[C@H]1CCN(C(=O)C[C@H]2CCCO2)C1. The van der Waals surface area contributed by atoms with Gasteiger partial charge in [0.25, 0.3) is 0 Å². The summed E-state index contributed by atoms with van der Waals surface area (Å²) in [6.07, 6.45) is 3.97. The van der Waals surface area contributed by atoms with Crippen LogP contribution in [-0.2, 0) is 9.53 Å². The van der Waals surface area contributed by atoms with Gasteiger partial charge in [-0.3, -0.25) is 4.79 Å². The Morgan fingerprint density at radius 1 is 1.35 bits per heavy atom. The van der Waals surface area contributed by atoms with Gasteiger partial charge in [-0.15, -0.1) is 0 Å². The van der Waals surface area contributed by atoms with Crippen molar-refractivity contribution >= 4 is 5.91 Å². The number of aryl methyl sites for hydroxylation is 1. The minimum absolute atomic E-state index is 0.167. The van der Waals surface area contributed by atoms with Crippen molar-refractivity contribution in [3.05, 3.63) is 35.4 Å². The molecule has 0 aromatic heterocycles. The lowest BCUT2D eigenvalue weighted by Gasteiger charge is -2.19. The van der Waals surface area contributed by atoms with Gasteiger partial charge in [0, 0.05) is 25.6 Å². The van der Waals surface area contributed by atoms with Gasteiger partial charge in [0.15, 0.2) is 0 Å². The van der Waals surface area contributed by atoms with Crippen LogP contribution in [0.1, 0.15) is 42.7 Å². The lowest BCUT2D eigenvalue weighted by atomic mass is 9.94. The normalized spacial score (nSPS) is 26.1. The zero-order valence-corrected chi connectivity index (χ0v) is 12.2. The number of amides is 1. The highest BCUT2D eigenvalue weighted by atomic mass is 16.5. The number of benzene rings is 1. The predicted octanol–water partition coefficient (Wildman–Crippen LogP) is 2.88. The maximum absolute atomic E-state index is 12.3. The van der Waals surface area contributed by atoms with Crippen LogP contribution < -0.4 is 0 Å². The van der Waals surface area contributed by atoms with Crippen molar-refractivity contribution in [3.63, 3.8) is 0 Å². The van der Waals surface area contributed by atoms with Crippen LogP contribution in [0.25, 0.3) is 0 Å². The number of carbonyl (C=O) groups is 1. The second-order valence-corrected chi connectivity index (χ2v) is 6.02. The first-order valence-electron chi connectivity index (χ1n) is 7.69. The molecule has 0 radical (unpaired) electrons. The third-order valence-corrected chi connectivity index (χ3v) is 4.60. The fourth-order valence-corrected chi connectivity index (χ4v) is 3.41. The fourth-order valence-electron chi connectivity index (χ4n) is 3.41. The van der Waals surface area contributed by atoms with Gasteiger partial charge in [0.2, 0.25) is 5.91 Å². The topological polar surface area (TPSA) is 29.5 Å². The second-order valence-electron chi connectivity index (χ2n) is 6.02. The summed E-state index contributed by atoms with van der Waals surface area (Å²) < 4.78 is 5.57. The van der Waals surface area contributed by atoms with E-state index in [1.807, 2.05) is 4.90 Å². The Balaban J connectivity index is 1.59. The molecule has 3 rings (SSSR count). The van der Waals surface area contributed by atoms with Crippen molar-refractivity contribution in [1.29, 1.82) is 0 Å². The number of carbonyl (C=O) groups excluding carboxylic acids is 1. The Labute approximate surface area is 120 Å². The van der Waals surface area contributed by atoms with Gasteiger partial charge in [-0.2, -0.15) is 0 Å². The van der Waals surface area contributed by atoms with Crippen LogP contribution >= 0.6 is 0 Å². The van der Waals surface area contributed by atoms with Gasteiger partial charge in [-0.25, -0.2) is 0 Å². The van der Waals surface area contributed by atoms with Gasteiger partial charge in [-0.1, -0.05) is 24.3 Å². The molecule has 20 heavy (non-hydrogen) atoms. The standard InChI is InChI=1S/C17H23NO2/c1-13-5-2-3-7-16(13)14-8-9-18(12-14)17(19)11-15-6-4-10-20-15/h2-3,5,7,14-15H,4,6,8-12H2,1H3/t14-,15+/m0/s1. The average molecular weight is 273 g/mol. The molecule has 2 fully saturated rings. The van der Waals surface area contributed by atoms with E-state index in [9.17, 15) is 4.79 Å². The highest BCUT2D eigenvalue weighted by Crippen LogP contribution is 2.30. The molecular formula is C17H23NO2. The van der Waals surface area contributed by atoms with Gasteiger partial charge >= 0.3 is 0 Å². The fraction of sp³-hybridized carbons (Fsp3) is 0.588. The van der Waals surface area contributed by atoms with E-state index in [1.165, 1.54) is 11.1 Å². The summed E-state index contributed by atoms with van der Waals surface area (Å²) in [5.41, 5.74) is 2.74. The lowest BCUT2D eigenvalue weighted by molar-refractivity contribution is -0.132. The van der Waals surface area contributed by atoms with Crippen molar-refractivity contribution in [2.24, 2.45) is 0 Å². The second kappa shape index (κ2) is 5.96. The van der Waals surface area contributed by atoms with Crippen LogP contribution in [0.5, 0.6) is 0 Å². The predicted molar refractivity (Wildman–Crippen MR) is 78.7 cm³/mol. The molecular weight excluding hydrogens is 250 g/mol. The largest absolute Gasteiger partial charge is 0.378 e. The molecule has 1 amide bonds. The molecule has 0 bridgehead atoms. The van der Waals surface area contributed by atoms with E-state index in [4.69, 9.17) is 4.74 Å². The van der Waals surface area contributed by atoms with Crippen molar-refractivity contribution in [1.82, 2.24) is 4.90 Å². The maximum atomic E-state index is 12.3. The molecule has 1 aromatic rings. The molecule has 2 aliphatic heterocycles. The van der Waals surface area contributed by atoms with E-state index in [0.29, 0.717) is 12.3 Å². The molecule has 0 aliphatic carbocycles. The van der Waals surface area contributed by atoms with Gasteiger partial charge in [0.1, 0.15) is 0 Å². The van der Waals surface area contributed by atoms with Crippen LogP contribution in [0.4, 0.5) is 0 Å². The molecule has 2 atom stereocenters. The van der Waals surface area contributed by atoms with Crippen molar-refractivity contribution < 1.29 is 9.53 Å². The van der Waals surface area contributed by atoms with Crippen LogP contribution in [0.3, 0.4) is 0 Å². The third kappa shape index (κ3) is 2.88.